The summed E-state index contributed by atoms with van der Waals surface area (Å²) >= 11 is 0. The molecule has 3 rings (SSSR count). The van der Waals surface area contributed by atoms with Crippen LogP contribution in [0.5, 0.6) is 0 Å². The van der Waals surface area contributed by atoms with Gasteiger partial charge in [-0.05, 0) is 29.7 Å². The molecule has 19 heavy (non-hydrogen) atoms. The summed E-state index contributed by atoms with van der Waals surface area (Å²) in [6.07, 6.45) is -3.98. The lowest BCUT2D eigenvalue weighted by molar-refractivity contribution is -0.186. The molecule has 1 aromatic rings. The maximum Gasteiger partial charge on any atom is 0.471 e. The number of hydrogen-bond acceptors (Lipinski definition) is 2. The van der Waals surface area contributed by atoms with Crippen molar-refractivity contribution in [3.05, 3.63) is 29.3 Å². The average Bonchev–Trinajstić information content (AvgIpc) is 2.59. The van der Waals surface area contributed by atoms with Gasteiger partial charge in [0.1, 0.15) is 0 Å². The number of rotatable bonds is 0. The first-order valence-electron chi connectivity index (χ1n) is 6.11. The Bertz CT molecular complexity index is 541. The number of piperidine rings is 1. The minimum Gasteiger partial charge on any atom is -0.399 e. The minimum atomic E-state index is -4.79. The molecule has 2 unspecified atom stereocenters. The first kappa shape index (κ1) is 12.3. The van der Waals surface area contributed by atoms with Gasteiger partial charge >= 0.3 is 12.1 Å². The van der Waals surface area contributed by atoms with Crippen molar-refractivity contribution in [3.8, 4) is 0 Å². The molecule has 1 saturated heterocycles. The van der Waals surface area contributed by atoms with Gasteiger partial charge in [-0.2, -0.15) is 13.2 Å². The highest BCUT2D eigenvalue weighted by Gasteiger charge is 2.47. The SMILES string of the molecule is Nc1ccc2c(c1)C1CC2CN(C(=O)C(F)(F)F)C1. The van der Waals surface area contributed by atoms with E-state index in [1.807, 2.05) is 12.1 Å². The number of fused-ring (bicyclic) bond motifs is 5. The first-order valence-corrected chi connectivity index (χ1v) is 6.11. The van der Waals surface area contributed by atoms with E-state index in [2.05, 4.69) is 0 Å². The molecule has 1 aliphatic heterocycles. The third kappa shape index (κ3) is 1.95. The molecule has 1 aromatic carbocycles. The van der Waals surface area contributed by atoms with E-state index in [1.54, 1.807) is 6.07 Å². The zero-order chi connectivity index (χ0) is 13.8. The van der Waals surface area contributed by atoms with E-state index in [-0.39, 0.29) is 24.9 Å². The molecule has 1 aliphatic carbocycles. The van der Waals surface area contributed by atoms with Gasteiger partial charge in [0.15, 0.2) is 0 Å². The number of hydrogen-bond donors (Lipinski definition) is 1. The van der Waals surface area contributed by atoms with Crippen LogP contribution in [0.25, 0.3) is 0 Å². The van der Waals surface area contributed by atoms with Crippen molar-refractivity contribution in [2.75, 3.05) is 18.8 Å². The predicted molar refractivity (Wildman–Crippen MR) is 63.6 cm³/mol. The Morgan fingerprint density at radius 1 is 1.21 bits per heavy atom. The highest BCUT2D eigenvalue weighted by Crippen LogP contribution is 2.47. The molecule has 102 valence electrons. The summed E-state index contributed by atoms with van der Waals surface area (Å²) in [5, 5.41) is 0. The molecule has 1 fully saturated rings. The number of nitrogen functional groups attached to an aromatic ring is 1. The molecule has 0 aromatic heterocycles. The number of alkyl halides is 3. The molecule has 0 spiro atoms. The van der Waals surface area contributed by atoms with Crippen LogP contribution in [0.3, 0.4) is 0 Å². The quantitative estimate of drug-likeness (QED) is 0.735. The lowest BCUT2D eigenvalue weighted by Crippen LogP contribution is -2.46. The van der Waals surface area contributed by atoms with E-state index < -0.39 is 12.1 Å². The zero-order valence-corrected chi connectivity index (χ0v) is 10.1. The Kier molecular flexibility index (Phi) is 2.52. The normalized spacial score (nSPS) is 25.3. The van der Waals surface area contributed by atoms with E-state index >= 15 is 0 Å². The molecule has 2 N–H and O–H groups in total. The van der Waals surface area contributed by atoms with Gasteiger partial charge in [0.05, 0.1) is 0 Å². The number of amides is 1. The maximum absolute atomic E-state index is 12.5. The van der Waals surface area contributed by atoms with Crippen LogP contribution in [0.1, 0.15) is 29.4 Å². The summed E-state index contributed by atoms with van der Waals surface area (Å²) in [5.41, 5.74) is 8.37. The van der Waals surface area contributed by atoms with E-state index in [9.17, 15) is 18.0 Å². The fourth-order valence-corrected chi connectivity index (χ4v) is 3.21. The summed E-state index contributed by atoms with van der Waals surface area (Å²) in [6.45, 7) is 0.275. The highest BCUT2D eigenvalue weighted by atomic mass is 19.4. The summed E-state index contributed by atoms with van der Waals surface area (Å²) in [5.74, 6) is -1.76. The molecule has 1 amide bonds. The van der Waals surface area contributed by atoms with Crippen molar-refractivity contribution < 1.29 is 18.0 Å². The summed E-state index contributed by atoms with van der Waals surface area (Å²) in [4.78, 5) is 12.3. The van der Waals surface area contributed by atoms with Gasteiger partial charge in [-0.15, -0.1) is 0 Å². The molecular weight excluding hydrogens is 257 g/mol. The van der Waals surface area contributed by atoms with Gasteiger partial charge in [0.2, 0.25) is 0 Å². The number of nitrogens with zero attached hydrogens (tertiary/aromatic N) is 1. The van der Waals surface area contributed by atoms with E-state index in [0.717, 1.165) is 22.4 Å². The second kappa shape index (κ2) is 3.88. The summed E-state index contributed by atoms with van der Waals surface area (Å²) in [7, 11) is 0. The van der Waals surface area contributed by atoms with Crippen LogP contribution in [-0.2, 0) is 4.79 Å². The fourth-order valence-electron chi connectivity index (χ4n) is 3.21. The third-order valence-corrected chi connectivity index (χ3v) is 3.97. The molecule has 2 bridgehead atoms. The summed E-state index contributed by atoms with van der Waals surface area (Å²) in [6, 6.07) is 5.45. The van der Waals surface area contributed by atoms with Crippen LogP contribution in [-0.4, -0.2) is 30.1 Å². The monoisotopic (exact) mass is 270 g/mol. The van der Waals surface area contributed by atoms with Crippen molar-refractivity contribution in [1.82, 2.24) is 4.90 Å². The fraction of sp³-hybridized carbons (Fsp3) is 0.462. The van der Waals surface area contributed by atoms with Crippen molar-refractivity contribution >= 4 is 11.6 Å². The van der Waals surface area contributed by atoms with Gasteiger partial charge in [-0.1, -0.05) is 6.07 Å². The van der Waals surface area contributed by atoms with Crippen molar-refractivity contribution in [3.63, 3.8) is 0 Å². The first-order chi connectivity index (χ1) is 8.86. The number of benzene rings is 1. The predicted octanol–water partition coefficient (Wildman–Crippen LogP) is 2.24. The number of carbonyl (C=O) groups excluding carboxylic acids is 1. The van der Waals surface area contributed by atoms with Crippen LogP contribution < -0.4 is 5.73 Å². The van der Waals surface area contributed by atoms with Crippen LogP contribution in [0, 0.1) is 0 Å². The molecule has 0 saturated carbocycles. The molecule has 6 heteroatoms. The Morgan fingerprint density at radius 3 is 2.47 bits per heavy atom. The Morgan fingerprint density at radius 2 is 1.84 bits per heavy atom. The number of nitrogens with two attached hydrogens (primary N) is 1. The van der Waals surface area contributed by atoms with Crippen LogP contribution in [0.4, 0.5) is 18.9 Å². The maximum atomic E-state index is 12.5. The number of carbonyl (C=O) groups is 1. The van der Waals surface area contributed by atoms with Crippen LogP contribution in [0.2, 0.25) is 0 Å². The van der Waals surface area contributed by atoms with Crippen molar-refractivity contribution in [2.24, 2.45) is 0 Å². The van der Waals surface area contributed by atoms with Gasteiger partial charge in [0, 0.05) is 30.6 Å². The molecule has 1 heterocycles. The standard InChI is InChI=1S/C13H13F3N2O/c14-13(15,16)12(19)18-5-7-3-8(6-18)11-4-9(17)1-2-10(7)11/h1-2,4,7-8H,3,5-6,17H2. The van der Waals surface area contributed by atoms with Gasteiger partial charge in [-0.3, -0.25) is 4.79 Å². The Hall–Kier alpha value is -1.72. The lowest BCUT2D eigenvalue weighted by Gasteiger charge is -2.32. The Balaban J connectivity index is 1.89. The molecule has 0 radical (unpaired) electrons. The van der Waals surface area contributed by atoms with E-state index in [4.69, 9.17) is 5.73 Å². The Labute approximate surface area is 108 Å². The largest absolute Gasteiger partial charge is 0.471 e. The topological polar surface area (TPSA) is 46.3 Å². The van der Waals surface area contributed by atoms with Crippen LogP contribution in [0.15, 0.2) is 18.2 Å². The van der Waals surface area contributed by atoms with Gasteiger partial charge < -0.3 is 10.6 Å². The van der Waals surface area contributed by atoms with E-state index in [0.29, 0.717) is 5.69 Å². The molecule has 2 atom stereocenters. The lowest BCUT2D eigenvalue weighted by atomic mass is 9.95. The third-order valence-electron chi connectivity index (χ3n) is 3.97. The molecular formula is C13H13F3N2O. The minimum absolute atomic E-state index is 0.000602. The average molecular weight is 270 g/mol. The van der Waals surface area contributed by atoms with Gasteiger partial charge in [0.25, 0.3) is 0 Å². The van der Waals surface area contributed by atoms with Crippen LogP contribution >= 0.6 is 0 Å². The summed E-state index contributed by atoms with van der Waals surface area (Å²) < 4.78 is 37.5. The number of anilines is 1. The molecule has 2 aliphatic rings. The second-order valence-corrected chi connectivity index (χ2v) is 5.23. The second-order valence-electron chi connectivity index (χ2n) is 5.23. The zero-order valence-electron chi connectivity index (χ0n) is 10.1. The highest BCUT2D eigenvalue weighted by molar-refractivity contribution is 5.82. The van der Waals surface area contributed by atoms with E-state index in [1.165, 1.54) is 0 Å². The number of likely N-dealkylation sites (tertiary alicyclic amines) is 1. The number of halogens is 3. The smallest absolute Gasteiger partial charge is 0.399 e. The molecule has 3 nitrogen and oxygen atoms in total. The van der Waals surface area contributed by atoms with Crippen molar-refractivity contribution in [1.29, 1.82) is 0 Å². The van der Waals surface area contributed by atoms with Gasteiger partial charge in [-0.25, -0.2) is 0 Å². The van der Waals surface area contributed by atoms with Crippen molar-refractivity contribution in [2.45, 2.75) is 24.4 Å².